The van der Waals surface area contributed by atoms with Crippen molar-refractivity contribution in [2.75, 3.05) is 11.9 Å². The highest BCUT2D eigenvalue weighted by Gasteiger charge is 2.89. The number of halogens is 12. The molecule has 1 aromatic rings. The van der Waals surface area contributed by atoms with Crippen molar-refractivity contribution in [2.24, 2.45) is 0 Å². The number of esters is 1. The molecule has 1 aromatic heterocycles. The van der Waals surface area contributed by atoms with Gasteiger partial charge in [0.2, 0.25) is 0 Å². The molecule has 0 atom stereocenters. The highest BCUT2D eigenvalue weighted by atomic mass is 32.1. The minimum absolute atomic E-state index is 0.00932. The molecule has 1 rings (SSSR count). The summed E-state index contributed by atoms with van der Waals surface area (Å²) in [5.74, 6) is -43.3. The Balaban J connectivity index is 3.57. The van der Waals surface area contributed by atoms with E-state index in [0.717, 1.165) is 19.2 Å². The summed E-state index contributed by atoms with van der Waals surface area (Å²) in [5.41, 5.74) is -1.20. The molecule has 0 aromatic carbocycles. The predicted molar refractivity (Wildman–Crippen MR) is 94.4 cm³/mol. The minimum atomic E-state index is -7.90. The Bertz CT molecular complexity index is 1010. The molecule has 1 heterocycles. The van der Waals surface area contributed by atoms with E-state index in [0.29, 0.717) is 0 Å². The first-order valence-electron chi connectivity index (χ1n) is 8.84. The number of alkyl halides is 12. The van der Waals surface area contributed by atoms with Crippen LogP contribution in [0.5, 0.6) is 0 Å². The second kappa shape index (κ2) is 9.50. The van der Waals surface area contributed by atoms with Crippen LogP contribution in [0.2, 0.25) is 0 Å². The fraction of sp³-hybridized carbons (Fsp3) is 0.588. The van der Waals surface area contributed by atoms with E-state index in [2.05, 4.69) is 4.74 Å². The SMILES string of the molecule is CCOC(=O)c1c(NC(=O)C(F)(F)C(F)(F)C(F)(F)C(F)(F)C(F)(F)C(F)F)sc(C(C)=O)c1C. The molecule has 0 aliphatic carbocycles. The van der Waals surface area contributed by atoms with E-state index >= 15 is 0 Å². The van der Waals surface area contributed by atoms with E-state index in [-0.39, 0.29) is 23.5 Å². The summed E-state index contributed by atoms with van der Waals surface area (Å²) >= 11 is 0.00932. The van der Waals surface area contributed by atoms with Gasteiger partial charge in [0.1, 0.15) is 5.00 Å². The standard InChI is InChI=1S/C17H13F12NO4S/c1-4-34-10(32)7-5(2)8(6(3)31)35-9(7)30-12(33)14(22,23)16(26,27)17(28,29)15(24,25)13(20,21)11(18)19/h11H,4H2,1-3H3,(H,30,33). The largest absolute Gasteiger partial charge is 0.462 e. The molecule has 0 spiro atoms. The maximum absolute atomic E-state index is 14.1. The van der Waals surface area contributed by atoms with Crippen LogP contribution in [0.15, 0.2) is 0 Å². The number of ether oxygens (including phenoxy) is 1. The maximum atomic E-state index is 14.1. The molecule has 1 amide bonds. The smallest absolute Gasteiger partial charge is 0.393 e. The lowest BCUT2D eigenvalue weighted by Crippen LogP contribution is -2.70. The van der Waals surface area contributed by atoms with Crippen LogP contribution in [0.25, 0.3) is 0 Å². The van der Waals surface area contributed by atoms with Crippen LogP contribution in [-0.2, 0) is 9.53 Å². The van der Waals surface area contributed by atoms with Gasteiger partial charge >= 0.3 is 47.9 Å². The molecule has 1 N–H and O–H groups in total. The molecule has 0 fully saturated rings. The van der Waals surface area contributed by atoms with Gasteiger partial charge < -0.3 is 10.1 Å². The average Bonchev–Trinajstić information content (AvgIpc) is 3.03. The lowest BCUT2D eigenvalue weighted by Gasteiger charge is -2.38. The van der Waals surface area contributed by atoms with E-state index < -0.39 is 69.1 Å². The molecule has 0 bridgehead atoms. The van der Waals surface area contributed by atoms with Gasteiger partial charge in [0.15, 0.2) is 5.78 Å². The number of hydrogen-bond donors (Lipinski definition) is 1. The lowest BCUT2D eigenvalue weighted by molar-refractivity contribution is -0.406. The predicted octanol–water partition coefficient (Wildman–Crippen LogP) is 5.82. The van der Waals surface area contributed by atoms with Crippen molar-refractivity contribution < 1.29 is 71.8 Å². The van der Waals surface area contributed by atoms with Crippen molar-refractivity contribution >= 4 is 34.0 Å². The highest BCUT2D eigenvalue weighted by molar-refractivity contribution is 7.18. The summed E-state index contributed by atoms with van der Waals surface area (Å²) in [6.45, 7) is 2.78. The first-order valence-corrected chi connectivity index (χ1v) is 9.65. The van der Waals surface area contributed by atoms with E-state index in [1.807, 2.05) is 0 Å². The Kier molecular flexibility index (Phi) is 8.28. The highest BCUT2D eigenvalue weighted by Crippen LogP contribution is 2.58. The van der Waals surface area contributed by atoms with Crippen LogP contribution in [0.1, 0.15) is 39.4 Å². The van der Waals surface area contributed by atoms with Crippen molar-refractivity contribution in [3.8, 4) is 0 Å². The second-order valence-corrected chi connectivity index (χ2v) is 7.73. The molecular weight excluding hydrogens is 542 g/mol. The summed E-state index contributed by atoms with van der Waals surface area (Å²) in [6, 6.07) is 0. The molecule has 18 heteroatoms. The van der Waals surface area contributed by atoms with Crippen LogP contribution >= 0.6 is 11.3 Å². The van der Waals surface area contributed by atoms with Gasteiger partial charge in [0, 0.05) is 0 Å². The minimum Gasteiger partial charge on any atom is -0.462 e. The van der Waals surface area contributed by atoms with E-state index in [1.165, 1.54) is 6.92 Å². The molecule has 0 radical (unpaired) electrons. The van der Waals surface area contributed by atoms with Gasteiger partial charge in [-0.3, -0.25) is 9.59 Å². The Morgan fingerprint density at radius 1 is 0.914 bits per heavy atom. The summed E-state index contributed by atoms with van der Waals surface area (Å²) in [5, 5.41) is -0.259. The topological polar surface area (TPSA) is 72.5 Å². The second-order valence-electron chi connectivity index (χ2n) is 6.71. The Morgan fingerprint density at radius 3 is 1.80 bits per heavy atom. The van der Waals surface area contributed by atoms with Gasteiger partial charge in [-0.2, -0.15) is 43.9 Å². The number of hydrogen-bond acceptors (Lipinski definition) is 5. The van der Waals surface area contributed by atoms with Crippen molar-refractivity contribution in [3.05, 3.63) is 16.0 Å². The number of carbonyl (C=O) groups excluding carboxylic acids is 3. The number of amides is 1. The van der Waals surface area contributed by atoms with Gasteiger partial charge in [-0.25, -0.2) is 13.6 Å². The van der Waals surface area contributed by atoms with Gasteiger partial charge in [0.05, 0.1) is 17.0 Å². The zero-order valence-corrected chi connectivity index (χ0v) is 18.2. The summed E-state index contributed by atoms with van der Waals surface area (Å²) in [7, 11) is 0. The Morgan fingerprint density at radius 2 is 1.40 bits per heavy atom. The van der Waals surface area contributed by atoms with Crippen molar-refractivity contribution in [3.63, 3.8) is 0 Å². The van der Waals surface area contributed by atoms with Crippen LogP contribution in [0, 0.1) is 6.92 Å². The molecule has 0 saturated carbocycles. The van der Waals surface area contributed by atoms with Crippen LogP contribution in [-0.4, -0.2) is 60.3 Å². The lowest BCUT2D eigenvalue weighted by atomic mass is 9.94. The zero-order chi connectivity index (χ0) is 27.9. The van der Waals surface area contributed by atoms with Crippen LogP contribution in [0.3, 0.4) is 0 Å². The monoisotopic (exact) mass is 555 g/mol. The van der Waals surface area contributed by atoms with E-state index in [1.54, 1.807) is 0 Å². The first kappa shape index (κ1) is 30.5. The third kappa shape index (κ3) is 4.67. The van der Waals surface area contributed by atoms with Crippen molar-refractivity contribution in [1.29, 1.82) is 0 Å². The van der Waals surface area contributed by atoms with Crippen LogP contribution in [0.4, 0.5) is 57.7 Å². The number of thiophene rings is 1. The molecule has 0 unspecified atom stereocenters. The fourth-order valence-electron chi connectivity index (χ4n) is 2.45. The summed E-state index contributed by atoms with van der Waals surface area (Å²) in [4.78, 5) is 35.0. The van der Waals surface area contributed by atoms with Gasteiger partial charge in [-0.1, -0.05) is 0 Å². The van der Waals surface area contributed by atoms with Crippen molar-refractivity contribution in [1.82, 2.24) is 0 Å². The summed E-state index contributed by atoms with van der Waals surface area (Å²) in [6.07, 6.45) is -5.69. The van der Waals surface area contributed by atoms with E-state index in [9.17, 15) is 67.1 Å². The quantitative estimate of drug-likeness (QED) is 0.225. The van der Waals surface area contributed by atoms with Crippen molar-refractivity contribution in [2.45, 2.75) is 56.8 Å². The molecule has 0 aliphatic heterocycles. The number of ketones is 1. The van der Waals surface area contributed by atoms with E-state index in [4.69, 9.17) is 0 Å². The third-order valence-corrected chi connectivity index (χ3v) is 5.64. The maximum Gasteiger partial charge on any atom is 0.393 e. The fourth-order valence-corrected chi connectivity index (χ4v) is 3.54. The number of anilines is 1. The molecule has 0 saturated heterocycles. The molecule has 35 heavy (non-hydrogen) atoms. The zero-order valence-electron chi connectivity index (χ0n) is 17.4. The summed E-state index contributed by atoms with van der Waals surface area (Å²) < 4.78 is 164. The first-order chi connectivity index (χ1) is 15.5. The number of rotatable bonds is 10. The molecule has 200 valence electrons. The number of nitrogens with one attached hydrogen (secondary N) is 1. The Hall–Kier alpha value is -2.53. The molecule has 5 nitrogen and oxygen atoms in total. The van der Waals surface area contributed by atoms with Gasteiger partial charge in [-0.05, 0) is 26.3 Å². The van der Waals surface area contributed by atoms with Gasteiger partial charge in [-0.15, -0.1) is 11.3 Å². The number of Topliss-reactive ketones (excluding diaryl/α,β-unsaturated/α-hetero) is 1. The normalized spacial score (nSPS) is 13.7. The molecule has 0 aliphatic rings. The van der Waals surface area contributed by atoms with Gasteiger partial charge in [0.25, 0.3) is 0 Å². The average molecular weight is 555 g/mol. The third-order valence-electron chi connectivity index (χ3n) is 4.33. The van der Waals surface area contributed by atoms with Crippen LogP contribution < -0.4 is 5.32 Å². The Labute approximate surface area is 191 Å². The number of carbonyl (C=O) groups is 3. The molecular formula is C17H13F12NO4S.